The van der Waals surface area contributed by atoms with E-state index in [1.54, 1.807) is 12.4 Å². The van der Waals surface area contributed by atoms with E-state index in [0.29, 0.717) is 19.5 Å². The second-order valence-electron chi connectivity index (χ2n) is 7.28. The number of rotatable bonds is 6. The number of aryl methyl sites for hydroxylation is 1. The van der Waals surface area contributed by atoms with Crippen LogP contribution in [0.1, 0.15) is 36.0 Å². The molecule has 1 saturated heterocycles. The highest BCUT2D eigenvalue weighted by molar-refractivity contribution is 5.77. The lowest BCUT2D eigenvalue weighted by atomic mass is 9.89. The van der Waals surface area contributed by atoms with E-state index in [0.717, 1.165) is 30.6 Å². The fourth-order valence-electron chi connectivity index (χ4n) is 3.58. The molecule has 1 aromatic heterocycles. The van der Waals surface area contributed by atoms with Crippen LogP contribution < -0.4 is 5.32 Å². The largest absolute Gasteiger partial charge is 0.388 e. The quantitative estimate of drug-likeness (QED) is 0.837. The molecule has 26 heavy (non-hydrogen) atoms. The first-order valence-electron chi connectivity index (χ1n) is 9.19. The number of β-amino-alcohol motifs (C(OH)–C–C–N with tert-alkyl or cyclic N) is 1. The normalized spacial score (nSPS) is 20.7. The minimum absolute atomic E-state index is 0.106. The predicted molar refractivity (Wildman–Crippen MR) is 101 cm³/mol. The van der Waals surface area contributed by atoms with Crippen LogP contribution in [0, 0.1) is 6.92 Å². The molecular formula is C21H27N3O2. The van der Waals surface area contributed by atoms with Gasteiger partial charge in [0.1, 0.15) is 0 Å². The van der Waals surface area contributed by atoms with Gasteiger partial charge >= 0.3 is 0 Å². The summed E-state index contributed by atoms with van der Waals surface area (Å²) in [6.07, 6.45) is 5.23. The van der Waals surface area contributed by atoms with Crippen molar-refractivity contribution in [3.63, 3.8) is 0 Å². The molecule has 1 aliphatic rings. The molecule has 0 bridgehead atoms. The number of hydrogen-bond donors (Lipinski definition) is 2. The molecule has 1 unspecified atom stereocenters. The van der Waals surface area contributed by atoms with Gasteiger partial charge < -0.3 is 10.4 Å². The molecule has 1 amide bonds. The van der Waals surface area contributed by atoms with Crippen LogP contribution in [0.4, 0.5) is 0 Å². The molecule has 2 heterocycles. The number of nitrogens with one attached hydrogen (secondary N) is 1. The van der Waals surface area contributed by atoms with Crippen molar-refractivity contribution in [3.05, 3.63) is 65.5 Å². The van der Waals surface area contributed by atoms with Gasteiger partial charge in [0, 0.05) is 32.0 Å². The highest BCUT2D eigenvalue weighted by Crippen LogP contribution is 2.25. The summed E-state index contributed by atoms with van der Waals surface area (Å²) in [6.45, 7) is 4.74. The van der Waals surface area contributed by atoms with Crippen molar-refractivity contribution in [2.75, 3.05) is 13.1 Å². The van der Waals surface area contributed by atoms with E-state index in [9.17, 15) is 9.90 Å². The molecule has 1 aliphatic heterocycles. The van der Waals surface area contributed by atoms with Crippen molar-refractivity contribution >= 4 is 5.91 Å². The number of aliphatic hydroxyl groups is 1. The summed E-state index contributed by atoms with van der Waals surface area (Å²) in [6, 6.07) is 12.2. The molecule has 0 spiro atoms. The van der Waals surface area contributed by atoms with Crippen LogP contribution in [-0.4, -0.2) is 39.6 Å². The van der Waals surface area contributed by atoms with Gasteiger partial charge in [0.2, 0.25) is 5.91 Å². The molecule has 5 heteroatoms. The first-order valence-corrected chi connectivity index (χ1v) is 9.19. The van der Waals surface area contributed by atoms with Crippen LogP contribution in [-0.2, 0) is 17.9 Å². The lowest BCUT2D eigenvalue weighted by Crippen LogP contribution is -2.50. The monoisotopic (exact) mass is 353 g/mol. The Kier molecular flexibility index (Phi) is 6.01. The van der Waals surface area contributed by atoms with Gasteiger partial charge in [0.25, 0.3) is 0 Å². The Morgan fingerprint density at radius 2 is 2.12 bits per heavy atom. The molecule has 2 aromatic rings. The van der Waals surface area contributed by atoms with Gasteiger partial charge in [-0.3, -0.25) is 14.7 Å². The molecule has 0 radical (unpaired) electrons. The van der Waals surface area contributed by atoms with Crippen molar-refractivity contribution in [1.82, 2.24) is 15.2 Å². The fraction of sp³-hybridized carbons (Fsp3) is 0.429. The average Bonchev–Trinajstić information content (AvgIpc) is 2.61. The van der Waals surface area contributed by atoms with E-state index in [4.69, 9.17) is 0 Å². The molecule has 5 nitrogen and oxygen atoms in total. The summed E-state index contributed by atoms with van der Waals surface area (Å²) < 4.78 is 0. The van der Waals surface area contributed by atoms with Gasteiger partial charge in [-0.2, -0.15) is 0 Å². The van der Waals surface area contributed by atoms with Gasteiger partial charge in [-0.05, 0) is 49.1 Å². The molecule has 1 fully saturated rings. The van der Waals surface area contributed by atoms with Crippen LogP contribution >= 0.6 is 0 Å². The predicted octanol–water partition coefficient (Wildman–Crippen LogP) is 2.42. The standard InChI is InChI=1S/C21H27N3O2/c1-17-13-22-10-8-19(17)14-23-20(25)12-21(26)9-5-11-24(16-21)15-18-6-3-2-4-7-18/h2-4,6-8,10,13,26H,5,9,11-12,14-16H2,1H3,(H,23,25). The zero-order valence-electron chi connectivity index (χ0n) is 15.3. The summed E-state index contributed by atoms with van der Waals surface area (Å²) in [7, 11) is 0. The van der Waals surface area contributed by atoms with Crippen molar-refractivity contribution in [2.45, 2.75) is 44.9 Å². The Bertz CT molecular complexity index is 735. The summed E-state index contributed by atoms with van der Waals surface area (Å²) in [5.41, 5.74) is 2.38. The van der Waals surface area contributed by atoms with Gasteiger partial charge in [0.15, 0.2) is 0 Å². The van der Waals surface area contributed by atoms with E-state index in [-0.39, 0.29) is 12.3 Å². The van der Waals surface area contributed by atoms with E-state index in [2.05, 4.69) is 27.3 Å². The molecule has 3 rings (SSSR count). The van der Waals surface area contributed by atoms with Gasteiger partial charge in [-0.1, -0.05) is 30.3 Å². The second-order valence-corrected chi connectivity index (χ2v) is 7.28. The minimum atomic E-state index is -0.954. The molecule has 1 aromatic carbocycles. The topological polar surface area (TPSA) is 65.5 Å². The number of benzene rings is 1. The van der Waals surface area contributed by atoms with E-state index >= 15 is 0 Å². The minimum Gasteiger partial charge on any atom is -0.388 e. The Morgan fingerprint density at radius 1 is 1.31 bits per heavy atom. The Balaban J connectivity index is 1.52. The summed E-state index contributed by atoms with van der Waals surface area (Å²) in [5.74, 6) is -0.106. The number of piperidine rings is 1. The Labute approximate surface area is 155 Å². The van der Waals surface area contributed by atoms with Crippen molar-refractivity contribution in [2.24, 2.45) is 0 Å². The first kappa shape index (κ1) is 18.5. The van der Waals surface area contributed by atoms with Gasteiger partial charge in [-0.15, -0.1) is 0 Å². The molecule has 0 saturated carbocycles. The first-order chi connectivity index (χ1) is 12.5. The summed E-state index contributed by atoms with van der Waals surface area (Å²) >= 11 is 0. The number of carbonyl (C=O) groups excluding carboxylic acids is 1. The second kappa shape index (κ2) is 8.43. The molecule has 138 valence electrons. The lowest BCUT2D eigenvalue weighted by molar-refractivity contribution is -0.129. The SMILES string of the molecule is Cc1cnccc1CNC(=O)CC1(O)CCCN(Cc2ccccc2)C1. The van der Waals surface area contributed by atoms with Crippen LogP contribution in [0.3, 0.4) is 0 Å². The van der Waals surface area contributed by atoms with Crippen molar-refractivity contribution < 1.29 is 9.90 Å². The number of aromatic nitrogens is 1. The van der Waals surface area contributed by atoms with Crippen LogP contribution in [0.15, 0.2) is 48.8 Å². The van der Waals surface area contributed by atoms with E-state index in [1.807, 2.05) is 31.2 Å². The van der Waals surface area contributed by atoms with Gasteiger partial charge in [-0.25, -0.2) is 0 Å². The van der Waals surface area contributed by atoms with E-state index in [1.165, 1.54) is 5.56 Å². The molecule has 1 atom stereocenters. The number of hydrogen-bond acceptors (Lipinski definition) is 4. The maximum atomic E-state index is 12.4. The maximum Gasteiger partial charge on any atom is 0.223 e. The van der Waals surface area contributed by atoms with Crippen LogP contribution in [0.25, 0.3) is 0 Å². The number of amides is 1. The molecule has 2 N–H and O–H groups in total. The highest BCUT2D eigenvalue weighted by atomic mass is 16.3. The zero-order valence-corrected chi connectivity index (χ0v) is 15.3. The van der Waals surface area contributed by atoms with Crippen molar-refractivity contribution in [3.8, 4) is 0 Å². The Hall–Kier alpha value is -2.24. The van der Waals surface area contributed by atoms with Crippen LogP contribution in [0.5, 0.6) is 0 Å². The Morgan fingerprint density at radius 3 is 2.88 bits per heavy atom. The number of carbonyl (C=O) groups is 1. The fourth-order valence-corrected chi connectivity index (χ4v) is 3.58. The van der Waals surface area contributed by atoms with E-state index < -0.39 is 5.60 Å². The number of likely N-dealkylation sites (tertiary alicyclic amines) is 1. The maximum absolute atomic E-state index is 12.4. The molecule has 0 aliphatic carbocycles. The third-order valence-corrected chi connectivity index (χ3v) is 4.99. The van der Waals surface area contributed by atoms with Crippen LogP contribution in [0.2, 0.25) is 0 Å². The third-order valence-electron chi connectivity index (χ3n) is 4.99. The lowest BCUT2D eigenvalue weighted by Gasteiger charge is -2.39. The number of pyridine rings is 1. The van der Waals surface area contributed by atoms with Gasteiger partial charge in [0.05, 0.1) is 12.0 Å². The highest BCUT2D eigenvalue weighted by Gasteiger charge is 2.35. The summed E-state index contributed by atoms with van der Waals surface area (Å²) in [5, 5.41) is 13.9. The third kappa shape index (κ3) is 5.13. The average molecular weight is 353 g/mol. The molecular weight excluding hydrogens is 326 g/mol. The zero-order chi connectivity index (χ0) is 18.4. The van der Waals surface area contributed by atoms with Crippen molar-refractivity contribution in [1.29, 1.82) is 0 Å². The summed E-state index contributed by atoms with van der Waals surface area (Å²) in [4.78, 5) is 18.7. The smallest absolute Gasteiger partial charge is 0.223 e. The number of nitrogens with zero attached hydrogens (tertiary/aromatic N) is 2.